The van der Waals surface area contributed by atoms with Gasteiger partial charge in [0.1, 0.15) is 6.04 Å². The monoisotopic (exact) mass is 347 g/mol. The SMILES string of the molecule is Nc1cccc(C(=O)N2CCN(C3=NCCCN3)CC2C(=O)O)c1O. The Kier molecular flexibility index (Phi) is 4.64. The molecule has 9 heteroatoms. The largest absolute Gasteiger partial charge is 0.505 e. The van der Waals surface area contributed by atoms with E-state index in [4.69, 9.17) is 5.73 Å². The van der Waals surface area contributed by atoms with Crippen molar-refractivity contribution in [3.8, 4) is 5.75 Å². The summed E-state index contributed by atoms with van der Waals surface area (Å²) in [6.45, 7) is 2.31. The van der Waals surface area contributed by atoms with E-state index in [1.807, 2.05) is 4.90 Å². The molecule has 2 heterocycles. The van der Waals surface area contributed by atoms with Crippen LogP contribution in [-0.2, 0) is 4.79 Å². The van der Waals surface area contributed by atoms with Crippen molar-refractivity contribution in [2.75, 3.05) is 38.5 Å². The van der Waals surface area contributed by atoms with Gasteiger partial charge in [0, 0.05) is 26.2 Å². The molecule has 9 nitrogen and oxygen atoms in total. The van der Waals surface area contributed by atoms with Crippen molar-refractivity contribution in [3.05, 3.63) is 23.8 Å². The molecule has 0 saturated carbocycles. The fourth-order valence-electron chi connectivity index (χ4n) is 3.05. The number of para-hydroxylation sites is 1. The van der Waals surface area contributed by atoms with Gasteiger partial charge in [-0.2, -0.15) is 0 Å². The highest BCUT2D eigenvalue weighted by atomic mass is 16.4. The lowest BCUT2D eigenvalue weighted by molar-refractivity contribution is -0.143. The fraction of sp³-hybridized carbons (Fsp3) is 0.438. The zero-order chi connectivity index (χ0) is 18.0. The summed E-state index contributed by atoms with van der Waals surface area (Å²) in [5.74, 6) is -1.29. The number of piperazine rings is 1. The summed E-state index contributed by atoms with van der Waals surface area (Å²) in [4.78, 5) is 32.0. The van der Waals surface area contributed by atoms with Crippen LogP contribution in [0.4, 0.5) is 5.69 Å². The lowest BCUT2D eigenvalue weighted by Crippen LogP contribution is -2.61. The number of benzene rings is 1. The van der Waals surface area contributed by atoms with Gasteiger partial charge in [0.05, 0.1) is 17.8 Å². The molecule has 134 valence electrons. The molecule has 0 bridgehead atoms. The summed E-state index contributed by atoms with van der Waals surface area (Å²) < 4.78 is 0. The van der Waals surface area contributed by atoms with E-state index in [9.17, 15) is 19.8 Å². The lowest BCUT2D eigenvalue weighted by Gasteiger charge is -2.41. The first kappa shape index (κ1) is 16.9. The van der Waals surface area contributed by atoms with Gasteiger partial charge in [-0.05, 0) is 18.6 Å². The molecule has 5 N–H and O–H groups in total. The predicted octanol–water partition coefficient (Wildman–Crippen LogP) is -0.465. The third kappa shape index (κ3) is 3.30. The van der Waals surface area contributed by atoms with Gasteiger partial charge >= 0.3 is 5.97 Å². The maximum absolute atomic E-state index is 12.8. The molecule has 1 atom stereocenters. The van der Waals surface area contributed by atoms with Crippen LogP contribution in [0, 0.1) is 0 Å². The normalized spacial score (nSPS) is 20.6. The Bertz CT molecular complexity index is 720. The minimum atomic E-state index is -1.10. The fourth-order valence-corrected chi connectivity index (χ4v) is 3.05. The van der Waals surface area contributed by atoms with Gasteiger partial charge in [0.2, 0.25) is 0 Å². The van der Waals surface area contributed by atoms with Gasteiger partial charge in [-0.3, -0.25) is 9.79 Å². The van der Waals surface area contributed by atoms with Crippen molar-refractivity contribution in [3.63, 3.8) is 0 Å². The number of hydrogen-bond acceptors (Lipinski definition) is 7. The van der Waals surface area contributed by atoms with E-state index >= 15 is 0 Å². The summed E-state index contributed by atoms with van der Waals surface area (Å²) >= 11 is 0. The Labute approximate surface area is 144 Å². The van der Waals surface area contributed by atoms with Crippen LogP contribution in [0.25, 0.3) is 0 Å². The molecule has 1 unspecified atom stereocenters. The third-order valence-electron chi connectivity index (χ3n) is 4.40. The van der Waals surface area contributed by atoms with E-state index in [2.05, 4.69) is 10.3 Å². The molecule has 0 radical (unpaired) electrons. The number of carboxylic acids is 1. The molecule has 1 amide bonds. The smallest absolute Gasteiger partial charge is 0.328 e. The van der Waals surface area contributed by atoms with Crippen LogP contribution >= 0.6 is 0 Å². The van der Waals surface area contributed by atoms with E-state index < -0.39 is 17.9 Å². The quantitative estimate of drug-likeness (QED) is 0.420. The minimum Gasteiger partial charge on any atom is -0.505 e. The van der Waals surface area contributed by atoms with Crippen LogP contribution in [0.15, 0.2) is 23.2 Å². The van der Waals surface area contributed by atoms with Crippen LogP contribution in [-0.4, -0.2) is 76.6 Å². The standard InChI is InChI=1S/C16H21N5O4/c17-11-4-1-3-10(13(11)22)14(23)21-8-7-20(9-12(21)15(24)25)16-18-5-2-6-19-16/h1,3-4,12,22H,2,5-9,17H2,(H,18,19)(H,24,25). The number of amides is 1. The molecule has 1 aromatic carbocycles. The van der Waals surface area contributed by atoms with Gasteiger partial charge in [-0.1, -0.05) is 6.07 Å². The van der Waals surface area contributed by atoms with E-state index in [1.165, 1.54) is 17.0 Å². The molecular formula is C16H21N5O4. The Balaban J connectivity index is 1.82. The lowest BCUT2D eigenvalue weighted by atomic mass is 10.1. The van der Waals surface area contributed by atoms with Crippen LogP contribution in [0.3, 0.4) is 0 Å². The number of hydrogen-bond donors (Lipinski definition) is 4. The minimum absolute atomic E-state index is 0.00725. The number of guanidine groups is 1. The van der Waals surface area contributed by atoms with Gasteiger partial charge in [0.15, 0.2) is 11.7 Å². The van der Waals surface area contributed by atoms with Crippen LogP contribution < -0.4 is 11.1 Å². The number of nitrogens with zero attached hydrogens (tertiary/aromatic N) is 3. The number of carbonyl (C=O) groups is 2. The summed E-state index contributed by atoms with van der Waals surface area (Å²) in [6, 6.07) is 3.43. The molecule has 2 aliphatic heterocycles. The molecule has 0 aliphatic carbocycles. The number of carboxylic acid groups (broad SMARTS) is 1. The predicted molar refractivity (Wildman–Crippen MR) is 91.5 cm³/mol. The first-order valence-electron chi connectivity index (χ1n) is 8.13. The number of phenolic OH excluding ortho intramolecular Hbond substituents is 1. The van der Waals surface area contributed by atoms with Gasteiger partial charge < -0.3 is 31.1 Å². The first-order chi connectivity index (χ1) is 12.0. The average Bonchev–Trinajstić information content (AvgIpc) is 2.63. The summed E-state index contributed by atoms with van der Waals surface area (Å²) in [5, 5.41) is 22.8. The summed E-state index contributed by atoms with van der Waals surface area (Å²) in [6.07, 6.45) is 0.943. The molecule has 25 heavy (non-hydrogen) atoms. The van der Waals surface area contributed by atoms with Gasteiger partial charge in [-0.15, -0.1) is 0 Å². The number of carbonyl (C=O) groups excluding carboxylic acids is 1. The number of aliphatic imine (C=N–C) groups is 1. The van der Waals surface area contributed by atoms with Crippen LogP contribution in [0.5, 0.6) is 5.75 Å². The number of phenols is 1. The second-order valence-corrected chi connectivity index (χ2v) is 6.03. The zero-order valence-electron chi connectivity index (χ0n) is 13.7. The maximum Gasteiger partial charge on any atom is 0.328 e. The zero-order valence-corrected chi connectivity index (χ0v) is 13.7. The number of nitrogen functional groups attached to an aromatic ring is 1. The van der Waals surface area contributed by atoms with Gasteiger partial charge in [0.25, 0.3) is 5.91 Å². The van der Waals surface area contributed by atoms with Crippen molar-refractivity contribution in [1.82, 2.24) is 15.1 Å². The van der Waals surface area contributed by atoms with E-state index in [0.717, 1.165) is 13.0 Å². The molecular weight excluding hydrogens is 326 g/mol. The second kappa shape index (κ2) is 6.88. The molecule has 1 fully saturated rings. The topological polar surface area (TPSA) is 131 Å². The highest BCUT2D eigenvalue weighted by molar-refractivity contribution is 6.00. The van der Waals surface area contributed by atoms with E-state index in [-0.39, 0.29) is 30.1 Å². The van der Waals surface area contributed by atoms with Crippen molar-refractivity contribution < 1.29 is 19.8 Å². The molecule has 3 rings (SSSR count). The third-order valence-corrected chi connectivity index (χ3v) is 4.40. The van der Waals surface area contributed by atoms with Crippen molar-refractivity contribution in [1.29, 1.82) is 0 Å². The van der Waals surface area contributed by atoms with E-state index in [0.29, 0.717) is 19.0 Å². The van der Waals surface area contributed by atoms with Crippen LogP contribution in [0.1, 0.15) is 16.8 Å². The average molecular weight is 347 g/mol. The van der Waals surface area contributed by atoms with Crippen molar-refractivity contribution in [2.24, 2.45) is 4.99 Å². The van der Waals surface area contributed by atoms with E-state index in [1.54, 1.807) is 6.07 Å². The number of anilines is 1. The number of aliphatic carboxylic acids is 1. The second-order valence-electron chi connectivity index (χ2n) is 6.03. The summed E-state index contributed by atoms with van der Waals surface area (Å²) in [5.41, 5.74) is 5.72. The number of nitrogens with two attached hydrogens (primary N) is 1. The Hall–Kier alpha value is -2.97. The number of rotatable bonds is 2. The molecule has 0 spiro atoms. The van der Waals surface area contributed by atoms with Crippen molar-refractivity contribution >= 4 is 23.5 Å². The molecule has 1 aromatic rings. The maximum atomic E-state index is 12.8. The number of aromatic hydroxyl groups is 1. The highest BCUT2D eigenvalue weighted by Crippen LogP contribution is 2.27. The molecule has 0 aromatic heterocycles. The van der Waals surface area contributed by atoms with Crippen LogP contribution in [0.2, 0.25) is 0 Å². The van der Waals surface area contributed by atoms with Crippen molar-refractivity contribution in [2.45, 2.75) is 12.5 Å². The highest BCUT2D eigenvalue weighted by Gasteiger charge is 2.37. The molecule has 1 saturated heterocycles. The Morgan fingerprint density at radius 1 is 1.32 bits per heavy atom. The molecule has 2 aliphatic rings. The Morgan fingerprint density at radius 2 is 2.12 bits per heavy atom. The first-order valence-corrected chi connectivity index (χ1v) is 8.13. The van der Waals surface area contributed by atoms with Gasteiger partial charge in [-0.25, -0.2) is 4.79 Å². The Morgan fingerprint density at radius 3 is 2.80 bits per heavy atom. The number of nitrogens with one attached hydrogen (secondary N) is 1. The summed E-state index contributed by atoms with van der Waals surface area (Å²) in [7, 11) is 0.